The van der Waals surface area contributed by atoms with Gasteiger partial charge in [-0.3, -0.25) is 4.79 Å². The van der Waals surface area contributed by atoms with E-state index in [2.05, 4.69) is 32.7 Å². The average Bonchev–Trinajstić information content (AvgIpc) is 2.49. The second kappa shape index (κ2) is 7.61. The van der Waals surface area contributed by atoms with Crippen molar-refractivity contribution in [3.63, 3.8) is 0 Å². The Morgan fingerprint density at radius 1 is 1.36 bits per heavy atom. The fourth-order valence-electron chi connectivity index (χ4n) is 1.67. The van der Waals surface area contributed by atoms with E-state index in [0.29, 0.717) is 0 Å². The van der Waals surface area contributed by atoms with Gasteiger partial charge in [-0.25, -0.2) is 9.67 Å². The van der Waals surface area contributed by atoms with Gasteiger partial charge in [0.2, 0.25) is 0 Å². The number of halogens is 3. The predicted molar refractivity (Wildman–Crippen MR) is 94.8 cm³/mol. The highest BCUT2D eigenvalue weighted by molar-refractivity contribution is 14.1. The largest absolute Gasteiger partial charge is 0.485 e. The van der Waals surface area contributed by atoms with Crippen molar-refractivity contribution in [2.24, 2.45) is 0 Å². The van der Waals surface area contributed by atoms with E-state index in [0.717, 1.165) is 9.26 Å². The Balaban J connectivity index is 2.17. The van der Waals surface area contributed by atoms with Crippen LogP contribution in [-0.2, 0) is 6.61 Å². The lowest BCUT2D eigenvalue weighted by Crippen LogP contribution is -2.30. The first-order chi connectivity index (χ1) is 10.4. The van der Waals surface area contributed by atoms with Crippen LogP contribution < -0.4 is 10.3 Å². The number of pyridine rings is 1. The Hall–Kier alpha value is -0.860. The van der Waals surface area contributed by atoms with Gasteiger partial charge in [0.15, 0.2) is 10.8 Å². The molecule has 0 radical (unpaired) electrons. The molecule has 0 amide bonds. The third-order valence-electron chi connectivity index (χ3n) is 3.15. The number of rotatable bonds is 5. The number of hydrogen-bond donors (Lipinski definition) is 0. The molecule has 0 aliphatic rings. The van der Waals surface area contributed by atoms with Crippen molar-refractivity contribution < 1.29 is 4.74 Å². The van der Waals surface area contributed by atoms with Gasteiger partial charge < -0.3 is 4.74 Å². The fraction of sp³-hybridized carbons (Fsp3) is 0.357. The Bertz CT molecular complexity index is 704. The highest BCUT2D eigenvalue weighted by atomic mass is 127. The summed E-state index contributed by atoms with van der Waals surface area (Å²) in [4.78, 5) is 16.4. The van der Waals surface area contributed by atoms with Gasteiger partial charge in [-0.2, -0.15) is 5.10 Å². The normalized spacial score (nSPS) is 13.7. The van der Waals surface area contributed by atoms with E-state index in [1.807, 2.05) is 12.1 Å². The van der Waals surface area contributed by atoms with Gasteiger partial charge in [0.25, 0.3) is 5.56 Å². The molecular weight excluding hydrogens is 440 g/mol. The highest BCUT2D eigenvalue weighted by Crippen LogP contribution is 2.22. The highest BCUT2D eigenvalue weighted by Gasteiger charge is 2.18. The van der Waals surface area contributed by atoms with Crippen LogP contribution >= 0.6 is 45.8 Å². The average molecular weight is 454 g/mol. The molecule has 0 aromatic carbocycles. The molecule has 118 valence electrons. The van der Waals surface area contributed by atoms with Gasteiger partial charge in [0.05, 0.1) is 17.6 Å². The number of nitrogens with zero attached hydrogens (tertiary/aromatic N) is 3. The van der Waals surface area contributed by atoms with Crippen LogP contribution in [0.2, 0.25) is 5.02 Å². The molecule has 5 nitrogen and oxygen atoms in total. The minimum atomic E-state index is -0.417. The molecule has 8 heteroatoms. The molecule has 0 spiro atoms. The van der Waals surface area contributed by atoms with Gasteiger partial charge in [-0.15, -0.1) is 11.6 Å². The monoisotopic (exact) mass is 453 g/mol. The van der Waals surface area contributed by atoms with Crippen LogP contribution in [0.4, 0.5) is 0 Å². The first-order valence-electron chi connectivity index (χ1n) is 6.54. The summed E-state index contributed by atoms with van der Waals surface area (Å²) < 4.78 is 7.71. The lowest BCUT2D eigenvalue weighted by molar-refractivity contribution is 0.300. The van der Waals surface area contributed by atoms with Crippen LogP contribution in [0.3, 0.4) is 0 Å². The van der Waals surface area contributed by atoms with Crippen molar-refractivity contribution in [3.8, 4) is 5.75 Å². The van der Waals surface area contributed by atoms with Crippen LogP contribution in [-0.4, -0.2) is 20.1 Å². The maximum Gasteiger partial charge on any atom is 0.289 e. The Morgan fingerprint density at radius 3 is 2.68 bits per heavy atom. The zero-order valence-corrected chi connectivity index (χ0v) is 15.6. The molecular formula is C14H14Cl2IN3O2. The van der Waals surface area contributed by atoms with E-state index >= 15 is 0 Å². The number of aromatic nitrogens is 3. The predicted octanol–water partition coefficient (Wildman–Crippen LogP) is 3.66. The standard InChI is InChI=1S/C14H14Cl2IN3O2/c1-8(15)9(2)20-14(21)13(16)11(6-19-20)22-7-10-3-4-12(17)18-5-10/h3-6,8-9H,7H2,1-2H3. The zero-order chi connectivity index (χ0) is 16.3. The van der Waals surface area contributed by atoms with Crippen molar-refractivity contribution in [2.75, 3.05) is 0 Å². The molecule has 0 bridgehead atoms. The summed E-state index contributed by atoms with van der Waals surface area (Å²) in [5.74, 6) is 0.246. The Labute approximate surface area is 151 Å². The third-order valence-corrected chi connectivity index (χ3v) is 4.50. The summed E-state index contributed by atoms with van der Waals surface area (Å²) in [7, 11) is 0. The van der Waals surface area contributed by atoms with Gasteiger partial charge in [-0.05, 0) is 42.5 Å². The molecule has 2 atom stereocenters. The number of hydrogen-bond acceptors (Lipinski definition) is 4. The molecule has 2 unspecified atom stereocenters. The van der Waals surface area contributed by atoms with E-state index in [-0.39, 0.29) is 28.8 Å². The van der Waals surface area contributed by atoms with Crippen LogP contribution in [0.1, 0.15) is 25.5 Å². The van der Waals surface area contributed by atoms with E-state index in [9.17, 15) is 4.79 Å². The van der Waals surface area contributed by atoms with Crippen molar-refractivity contribution in [2.45, 2.75) is 31.9 Å². The van der Waals surface area contributed by atoms with Crippen LogP contribution in [0.5, 0.6) is 5.75 Å². The molecule has 0 fully saturated rings. The first kappa shape index (κ1) is 17.5. The van der Waals surface area contributed by atoms with Crippen molar-refractivity contribution in [1.29, 1.82) is 0 Å². The molecule has 2 aromatic rings. The van der Waals surface area contributed by atoms with Crippen molar-refractivity contribution in [3.05, 3.63) is 49.2 Å². The van der Waals surface area contributed by atoms with Gasteiger partial charge in [0, 0.05) is 11.8 Å². The van der Waals surface area contributed by atoms with E-state index < -0.39 is 5.56 Å². The summed E-state index contributed by atoms with van der Waals surface area (Å²) in [6, 6.07) is 3.51. The Kier molecular flexibility index (Phi) is 6.05. The molecule has 0 aliphatic carbocycles. The second-order valence-electron chi connectivity index (χ2n) is 4.77. The van der Waals surface area contributed by atoms with Crippen molar-refractivity contribution >= 4 is 45.8 Å². The fourth-order valence-corrected chi connectivity index (χ4v) is 2.28. The van der Waals surface area contributed by atoms with Crippen LogP contribution in [0.25, 0.3) is 0 Å². The van der Waals surface area contributed by atoms with Gasteiger partial charge in [-0.1, -0.05) is 17.7 Å². The summed E-state index contributed by atoms with van der Waals surface area (Å²) in [5.41, 5.74) is 0.461. The maximum atomic E-state index is 12.2. The number of ether oxygens (including phenoxy) is 1. The molecule has 2 heterocycles. The minimum Gasteiger partial charge on any atom is -0.485 e. The summed E-state index contributed by atoms with van der Waals surface area (Å²) in [6.45, 7) is 3.86. The summed E-state index contributed by atoms with van der Waals surface area (Å²) in [5, 5.41) is 3.83. The molecule has 0 saturated carbocycles. The Morgan fingerprint density at radius 2 is 2.09 bits per heavy atom. The van der Waals surface area contributed by atoms with E-state index in [1.54, 1.807) is 20.0 Å². The SMILES string of the molecule is CC(Cl)C(C)n1ncc(OCc2ccc(I)nc2)c(Cl)c1=O. The third kappa shape index (κ3) is 4.11. The minimum absolute atomic E-state index is 0.00219. The molecule has 0 aliphatic heterocycles. The topological polar surface area (TPSA) is 57.0 Å². The summed E-state index contributed by atoms with van der Waals surface area (Å²) >= 11 is 14.2. The second-order valence-corrected chi connectivity index (χ2v) is 6.94. The van der Waals surface area contributed by atoms with Gasteiger partial charge in [0.1, 0.15) is 10.3 Å². The summed E-state index contributed by atoms with van der Waals surface area (Å²) in [6.07, 6.45) is 3.14. The van der Waals surface area contributed by atoms with E-state index in [1.165, 1.54) is 10.9 Å². The lowest BCUT2D eigenvalue weighted by Gasteiger charge is -2.17. The van der Waals surface area contributed by atoms with Crippen molar-refractivity contribution in [1.82, 2.24) is 14.8 Å². The smallest absolute Gasteiger partial charge is 0.289 e. The zero-order valence-electron chi connectivity index (χ0n) is 12.0. The molecule has 2 aromatic heterocycles. The first-order valence-corrected chi connectivity index (χ1v) is 8.44. The van der Waals surface area contributed by atoms with Gasteiger partial charge >= 0.3 is 0 Å². The maximum absolute atomic E-state index is 12.2. The molecule has 2 rings (SSSR count). The van der Waals surface area contributed by atoms with Crippen LogP contribution in [0.15, 0.2) is 29.3 Å². The molecule has 0 saturated heterocycles. The molecule has 22 heavy (non-hydrogen) atoms. The molecule has 0 N–H and O–H groups in total. The number of alkyl halides is 1. The lowest BCUT2D eigenvalue weighted by atomic mass is 10.2. The quantitative estimate of drug-likeness (QED) is 0.393. The van der Waals surface area contributed by atoms with E-state index in [4.69, 9.17) is 27.9 Å². The van der Waals surface area contributed by atoms with Crippen LogP contribution in [0, 0.1) is 3.70 Å².